The van der Waals surface area contributed by atoms with Crippen molar-refractivity contribution < 1.29 is 19.1 Å². The lowest BCUT2D eigenvalue weighted by Gasteiger charge is -2.28. The molecule has 0 saturated heterocycles. The monoisotopic (exact) mass is 416 g/mol. The zero-order chi connectivity index (χ0) is 21.8. The van der Waals surface area contributed by atoms with E-state index in [1.54, 1.807) is 0 Å². The second-order valence-corrected chi connectivity index (χ2v) is 8.88. The summed E-state index contributed by atoms with van der Waals surface area (Å²) in [6.07, 6.45) is 13.0. The van der Waals surface area contributed by atoms with Gasteiger partial charge in [-0.15, -0.1) is 0 Å². The molecule has 1 aliphatic carbocycles. The Bertz CT molecular complexity index is 647. The Kier molecular flexibility index (Phi) is 11.0. The summed E-state index contributed by atoms with van der Waals surface area (Å²) in [5, 5.41) is 0. The molecule has 0 spiro atoms. The number of ether oxygens (including phenoxy) is 2. The van der Waals surface area contributed by atoms with E-state index in [4.69, 9.17) is 9.47 Å². The zero-order valence-corrected chi connectivity index (χ0v) is 19.2. The first-order valence-electron chi connectivity index (χ1n) is 12.0. The standard InChI is InChI=1S/C26H40O4/c1-4-5-6-7-8-9-10-13-16-29-25(27)23-14-11-12-15-24(23)26(28)30-22-18-20(2)17-21(3)19-22/h17-19,23-24H,4-16H2,1-3H3. The molecule has 168 valence electrons. The van der Waals surface area contributed by atoms with Crippen LogP contribution in [-0.4, -0.2) is 18.5 Å². The quantitative estimate of drug-likeness (QED) is 0.216. The van der Waals surface area contributed by atoms with Crippen LogP contribution in [0.25, 0.3) is 0 Å². The maximum Gasteiger partial charge on any atom is 0.315 e. The van der Waals surface area contributed by atoms with Gasteiger partial charge in [-0.25, -0.2) is 0 Å². The maximum absolute atomic E-state index is 12.8. The highest BCUT2D eigenvalue weighted by Gasteiger charge is 2.38. The molecule has 1 fully saturated rings. The summed E-state index contributed by atoms with van der Waals surface area (Å²) in [4.78, 5) is 25.4. The minimum Gasteiger partial charge on any atom is -0.465 e. The number of carbonyl (C=O) groups is 2. The van der Waals surface area contributed by atoms with Crippen molar-refractivity contribution in [3.8, 4) is 5.75 Å². The predicted octanol–water partition coefficient (Wildman–Crippen LogP) is 6.70. The Morgan fingerprint density at radius 2 is 1.33 bits per heavy atom. The van der Waals surface area contributed by atoms with Crippen LogP contribution in [-0.2, 0) is 14.3 Å². The lowest BCUT2D eigenvalue weighted by Crippen LogP contribution is -2.36. The van der Waals surface area contributed by atoms with Gasteiger partial charge in [0.2, 0.25) is 0 Å². The summed E-state index contributed by atoms with van der Waals surface area (Å²) in [7, 11) is 0. The van der Waals surface area contributed by atoms with Gasteiger partial charge in [0, 0.05) is 0 Å². The van der Waals surface area contributed by atoms with Crippen LogP contribution in [0.5, 0.6) is 5.75 Å². The maximum atomic E-state index is 12.8. The molecule has 4 heteroatoms. The predicted molar refractivity (Wildman–Crippen MR) is 121 cm³/mol. The smallest absolute Gasteiger partial charge is 0.315 e. The number of aryl methyl sites for hydroxylation is 2. The van der Waals surface area contributed by atoms with Crippen LogP contribution in [0.4, 0.5) is 0 Å². The number of rotatable bonds is 12. The zero-order valence-electron chi connectivity index (χ0n) is 19.2. The van der Waals surface area contributed by atoms with E-state index in [1.165, 1.54) is 38.5 Å². The van der Waals surface area contributed by atoms with Crippen LogP contribution < -0.4 is 4.74 Å². The fourth-order valence-corrected chi connectivity index (χ4v) is 4.39. The van der Waals surface area contributed by atoms with Gasteiger partial charge in [0.25, 0.3) is 0 Å². The van der Waals surface area contributed by atoms with Crippen molar-refractivity contribution in [2.24, 2.45) is 11.8 Å². The molecule has 0 amide bonds. The summed E-state index contributed by atoms with van der Waals surface area (Å²) in [5.74, 6) is -0.722. The van der Waals surface area contributed by atoms with Crippen molar-refractivity contribution in [3.05, 3.63) is 29.3 Å². The second-order valence-electron chi connectivity index (χ2n) is 8.88. The molecule has 0 radical (unpaired) electrons. The lowest BCUT2D eigenvalue weighted by atomic mass is 9.79. The van der Waals surface area contributed by atoms with Gasteiger partial charge in [-0.3, -0.25) is 9.59 Å². The Labute approximate surface area is 182 Å². The molecule has 4 nitrogen and oxygen atoms in total. The van der Waals surface area contributed by atoms with Crippen LogP contribution in [0.1, 0.15) is 95.1 Å². The normalized spacial score (nSPS) is 18.8. The first kappa shape index (κ1) is 24.4. The van der Waals surface area contributed by atoms with Gasteiger partial charge in [-0.2, -0.15) is 0 Å². The summed E-state index contributed by atoms with van der Waals surface area (Å²) in [6, 6.07) is 5.77. The third-order valence-corrected chi connectivity index (χ3v) is 6.03. The molecule has 1 saturated carbocycles. The van der Waals surface area contributed by atoms with E-state index in [9.17, 15) is 9.59 Å². The molecule has 0 N–H and O–H groups in total. The van der Waals surface area contributed by atoms with Gasteiger partial charge in [0.1, 0.15) is 5.75 Å². The summed E-state index contributed by atoms with van der Waals surface area (Å²) >= 11 is 0. The van der Waals surface area contributed by atoms with E-state index >= 15 is 0 Å². The Balaban J connectivity index is 1.75. The van der Waals surface area contributed by atoms with Crippen molar-refractivity contribution in [1.29, 1.82) is 0 Å². The summed E-state index contributed by atoms with van der Waals surface area (Å²) in [6.45, 7) is 6.66. The van der Waals surface area contributed by atoms with Gasteiger partial charge in [0.05, 0.1) is 18.4 Å². The molecule has 2 rings (SSSR count). The molecule has 30 heavy (non-hydrogen) atoms. The minimum absolute atomic E-state index is 0.222. The first-order valence-corrected chi connectivity index (χ1v) is 12.0. The molecule has 1 aromatic carbocycles. The van der Waals surface area contributed by atoms with Crippen LogP contribution >= 0.6 is 0 Å². The van der Waals surface area contributed by atoms with Crippen LogP contribution in [0.3, 0.4) is 0 Å². The van der Waals surface area contributed by atoms with E-state index < -0.39 is 5.92 Å². The van der Waals surface area contributed by atoms with E-state index in [1.807, 2.05) is 32.0 Å². The Morgan fingerprint density at radius 1 is 0.800 bits per heavy atom. The van der Waals surface area contributed by atoms with Crippen molar-refractivity contribution >= 4 is 11.9 Å². The third kappa shape index (κ3) is 8.49. The highest BCUT2D eigenvalue weighted by molar-refractivity contribution is 5.83. The van der Waals surface area contributed by atoms with Gasteiger partial charge < -0.3 is 9.47 Å². The number of hydrogen-bond acceptors (Lipinski definition) is 4. The van der Waals surface area contributed by atoms with Gasteiger partial charge in [0.15, 0.2) is 0 Å². The highest BCUT2D eigenvalue weighted by Crippen LogP contribution is 2.33. The topological polar surface area (TPSA) is 52.6 Å². The van der Waals surface area contributed by atoms with Crippen LogP contribution in [0, 0.1) is 25.7 Å². The molecule has 0 aliphatic heterocycles. The van der Waals surface area contributed by atoms with Crippen LogP contribution in [0.15, 0.2) is 18.2 Å². The Hall–Kier alpha value is -1.84. The molecule has 2 unspecified atom stereocenters. The molecule has 1 aliphatic rings. The summed E-state index contributed by atoms with van der Waals surface area (Å²) < 4.78 is 11.2. The number of esters is 2. The molecule has 0 bridgehead atoms. The molecule has 2 atom stereocenters. The van der Waals surface area contributed by atoms with E-state index in [0.29, 0.717) is 25.2 Å². The van der Waals surface area contributed by atoms with Crippen LogP contribution in [0.2, 0.25) is 0 Å². The second kappa shape index (κ2) is 13.5. The first-order chi connectivity index (χ1) is 14.5. The van der Waals surface area contributed by atoms with Crippen molar-refractivity contribution in [2.75, 3.05) is 6.61 Å². The van der Waals surface area contributed by atoms with Gasteiger partial charge >= 0.3 is 11.9 Å². The molecule has 0 aromatic heterocycles. The van der Waals surface area contributed by atoms with E-state index in [-0.39, 0.29) is 17.9 Å². The van der Waals surface area contributed by atoms with E-state index in [0.717, 1.165) is 36.8 Å². The van der Waals surface area contributed by atoms with Crippen molar-refractivity contribution in [1.82, 2.24) is 0 Å². The van der Waals surface area contributed by atoms with Gasteiger partial charge in [-0.05, 0) is 56.4 Å². The molecule has 1 aromatic rings. The van der Waals surface area contributed by atoms with E-state index in [2.05, 4.69) is 6.92 Å². The average Bonchev–Trinajstić information content (AvgIpc) is 2.71. The third-order valence-electron chi connectivity index (χ3n) is 6.03. The fourth-order valence-electron chi connectivity index (χ4n) is 4.39. The largest absolute Gasteiger partial charge is 0.465 e. The number of unbranched alkanes of at least 4 members (excludes halogenated alkanes) is 7. The SMILES string of the molecule is CCCCCCCCCCOC(=O)C1CCCCC1C(=O)Oc1cc(C)cc(C)c1. The molecular formula is C26H40O4. The minimum atomic E-state index is -0.398. The highest BCUT2D eigenvalue weighted by atomic mass is 16.5. The van der Waals surface area contributed by atoms with Gasteiger partial charge in [-0.1, -0.05) is 70.8 Å². The number of hydrogen-bond donors (Lipinski definition) is 0. The lowest BCUT2D eigenvalue weighted by molar-refractivity contribution is -0.158. The average molecular weight is 417 g/mol. The number of benzene rings is 1. The van der Waals surface area contributed by atoms with Crippen molar-refractivity contribution in [3.63, 3.8) is 0 Å². The number of carbonyl (C=O) groups excluding carboxylic acids is 2. The van der Waals surface area contributed by atoms with Crippen molar-refractivity contribution in [2.45, 2.75) is 97.8 Å². The fraction of sp³-hybridized carbons (Fsp3) is 0.692. The molecule has 0 heterocycles. The summed E-state index contributed by atoms with van der Waals surface area (Å²) in [5.41, 5.74) is 2.12. The molecular weight excluding hydrogens is 376 g/mol. The Morgan fingerprint density at radius 3 is 1.93 bits per heavy atom.